The highest BCUT2D eigenvalue weighted by molar-refractivity contribution is 7.22. The van der Waals surface area contributed by atoms with Gasteiger partial charge in [0, 0.05) is 16.2 Å². The van der Waals surface area contributed by atoms with Crippen molar-refractivity contribution in [3.05, 3.63) is 77.9 Å². The Balaban J connectivity index is 1.71. The molecule has 0 amide bonds. The van der Waals surface area contributed by atoms with Gasteiger partial charge in [0.05, 0.1) is 11.5 Å². The van der Waals surface area contributed by atoms with E-state index < -0.39 is 0 Å². The summed E-state index contributed by atoms with van der Waals surface area (Å²) in [5.74, 6) is 1.38. The zero-order chi connectivity index (χ0) is 22.7. The number of ether oxygens (including phenoxy) is 2. The molecule has 0 saturated carbocycles. The highest BCUT2D eigenvalue weighted by Crippen LogP contribution is 2.47. The first-order valence-corrected chi connectivity index (χ1v) is 10.9. The number of esters is 1. The van der Waals surface area contributed by atoms with Gasteiger partial charge in [0.2, 0.25) is 0 Å². The summed E-state index contributed by atoms with van der Waals surface area (Å²) in [6.07, 6.45) is 3.11. The number of fused-ring (bicyclic) bond motifs is 1. The summed E-state index contributed by atoms with van der Waals surface area (Å²) in [5.41, 5.74) is 2.68. The van der Waals surface area contributed by atoms with Crippen LogP contribution in [0.2, 0.25) is 0 Å². The van der Waals surface area contributed by atoms with Crippen molar-refractivity contribution in [1.82, 2.24) is 0 Å². The smallest absolute Gasteiger partial charge is 0.330 e. The molecule has 0 saturated heterocycles. The molecular formula is C26H22O5S. The van der Waals surface area contributed by atoms with Crippen LogP contribution in [-0.4, -0.2) is 22.8 Å². The molecule has 1 heterocycles. The Hall–Kier alpha value is -3.77. The zero-order valence-corrected chi connectivity index (χ0v) is 18.5. The minimum absolute atomic E-state index is 0.191. The number of carbonyl (C=O) groups is 1. The van der Waals surface area contributed by atoms with Gasteiger partial charge in [-0.05, 0) is 91.2 Å². The maximum Gasteiger partial charge on any atom is 0.330 e. The fourth-order valence-electron chi connectivity index (χ4n) is 3.32. The van der Waals surface area contributed by atoms with Gasteiger partial charge < -0.3 is 19.7 Å². The van der Waals surface area contributed by atoms with Gasteiger partial charge in [0.25, 0.3) is 0 Å². The molecule has 32 heavy (non-hydrogen) atoms. The Kier molecular flexibility index (Phi) is 6.14. The van der Waals surface area contributed by atoms with E-state index in [9.17, 15) is 15.0 Å². The average Bonchev–Trinajstić information content (AvgIpc) is 3.12. The molecule has 4 rings (SSSR count). The highest BCUT2D eigenvalue weighted by Gasteiger charge is 2.17. The van der Waals surface area contributed by atoms with Crippen LogP contribution in [0.4, 0.5) is 0 Å². The monoisotopic (exact) mass is 446 g/mol. The lowest BCUT2D eigenvalue weighted by Crippen LogP contribution is -1.98. The molecule has 0 aliphatic rings. The standard InChI is InChI=1S/C26H22O5S/c1-3-30-24(29)13-5-17-4-12-22(16(2)14-17)31-25-21-11-10-20(28)15-23(21)32-26(25)18-6-8-19(27)9-7-18/h4-15,27-28H,3H2,1-2H3/b13-5+. The van der Waals surface area contributed by atoms with Crippen molar-refractivity contribution < 1.29 is 24.5 Å². The number of hydrogen-bond donors (Lipinski definition) is 2. The van der Waals surface area contributed by atoms with E-state index in [4.69, 9.17) is 9.47 Å². The maximum atomic E-state index is 11.6. The molecular weight excluding hydrogens is 424 g/mol. The summed E-state index contributed by atoms with van der Waals surface area (Å²) < 4.78 is 12.2. The molecule has 5 nitrogen and oxygen atoms in total. The first-order valence-electron chi connectivity index (χ1n) is 10.1. The average molecular weight is 447 g/mol. The lowest BCUT2D eigenvalue weighted by Gasteiger charge is -2.11. The maximum absolute atomic E-state index is 11.6. The molecule has 0 radical (unpaired) electrons. The fourth-order valence-corrected chi connectivity index (χ4v) is 4.49. The number of aryl methyl sites for hydroxylation is 1. The second kappa shape index (κ2) is 9.16. The third-order valence-electron chi connectivity index (χ3n) is 4.87. The van der Waals surface area contributed by atoms with Gasteiger partial charge in [0.1, 0.15) is 17.2 Å². The van der Waals surface area contributed by atoms with Crippen LogP contribution in [-0.2, 0) is 9.53 Å². The molecule has 6 heteroatoms. The molecule has 162 valence electrons. The third kappa shape index (κ3) is 4.60. The zero-order valence-electron chi connectivity index (χ0n) is 17.7. The number of rotatable bonds is 6. The minimum atomic E-state index is -0.378. The van der Waals surface area contributed by atoms with Gasteiger partial charge in [-0.3, -0.25) is 0 Å². The Morgan fingerprint density at radius 1 is 1.00 bits per heavy atom. The quantitative estimate of drug-likeness (QED) is 0.256. The molecule has 2 N–H and O–H groups in total. The molecule has 1 aromatic heterocycles. The lowest BCUT2D eigenvalue weighted by molar-refractivity contribution is -0.137. The van der Waals surface area contributed by atoms with Gasteiger partial charge in [-0.25, -0.2) is 4.79 Å². The van der Waals surface area contributed by atoms with Crippen molar-refractivity contribution in [3.8, 4) is 33.4 Å². The van der Waals surface area contributed by atoms with Gasteiger partial charge in [-0.15, -0.1) is 11.3 Å². The van der Waals surface area contributed by atoms with E-state index >= 15 is 0 Å². The Labute approximate surface area is 189 Å². The van der Waals surface area contributed by atoms with E-state index in [0.717, 1.165) is 31.7 Å². The number of phenols is 2. The van der Waals surface area contributed by atoms with Crippen molar-refractivity contribution in [2.24, 2.45) is 0 Å². The van der Waals surface area contributed by atoms with Crippen LogP contribution >= 0.6 is 11.3 Å². The second-order valence-corrected chi connectivity index (χ2v) is 8.25. The number of carbonyl (C=O) groups excluding carboxylic acids is 1. The summed E-state index contributed by atoms with van der Waals surface area (Å²) in [4.78, 5) is 12.5. The van der Waals surface area contributed by atoms with Gasteiger partial charge in [-0.1, -0.05) is 6.07 Å². The first-order chi connectivity index (χ1) is 15.4. The molecule has 0 unspecified atom stereocenters. The van der Waals surface area contributed by atoms with Gasteiger partial charge >= 0.3 is 5.97 Å². The predicted octanol–water partition coefficient (Wildman–Crippen LogP) is 6.66. The number of aromatic hydroxyl groups is 2. The van der Waals surface area contributed by atoms with Crippen LogP contribution in [0, 0.1) is 6.92 Å². The number of benzene rings is 3. The lowest BCUT2D eigenvalue weighted by atomic mass is 10.1. The number of phenolic OH excluding ortho intramolecular Hbond substituents is 2. The fraction of sp³-hybridized carbons (Fsp3) is 0.115. The summed E-state index contributed by atoms with van der Waals surface area (Å²) in [6, 6.07) is 17.8. The van der Waals surface area contributed by atoms with Crippen LogP contribution in [0.25, 0.3) is 26.6 Å². The number of hydrogen-bond acceptors (Lipinski definition) is 6. The molecule has 0 aliphatic carbocycles. The summed E-state index contributed by atoms with van der Waals surface area (Å²) in [6.45, 7) is 4.05. The van der Waals surface area contributed by atoms with E-state index in [-0.39, 0.29) is 17.5 Å². The Bertz CT molecular complexity index is 1300. The molecule has 0 bridgehead atoms. The van der Waals surface area contributed by atoms with Crippen LogP contribution < -0.4 is 4.74 Å². The summed E-state index contributed by atoms with van der Waals surface area (Å²) in [7, 11) is 0. The van der Waals surface area contributed by atoms with E-state index in [2.05, 4.69) is 0 Å². The molecule has 0 spiro atoms. The largest absolute Gasteiger partial charge is 0.508 e. The van der Waals surface area contributed by atoms with E-state index in [1.807, 2.05) is 43.3 Å². The van der Waals surface area contributed by atoms with E-state index in [1.54, 1.807) is 37.3 Å². The topological polar surface area (TPSA) is 76.0 Å². The van der Waals surface area contributed by atoms with Crippen molar-refractivity contribution in [2.75, 3.05) is 6.61 Å². The number of thiophene rings is 1. The normalized spacial score (nSPS) is 11.2. The minimum Gasteiger partial charge on any atom is -0.508 e. The van der Waals surface area contributed by atoms with Crippen molar-refractivity contribution in [3.63, 3.8) is 0 Å². The molecule has 0 aliphatic heterocycles. The summed E-state index contributed by atoms with van der Waals surface area (Å²) in [5, 5.41) is 20.5. The second-order valence-electron chi connectivity index (χ2n) is 7.20. The van der Waals surface area contributed by atoms with Crippen LogP contribution in [0.15, 0.2) is 66.7 Å². The van der Waals surface area contributed by atoms with Gasteiger partial charge in [-0.2, -0.15) is 0 Å². The highest BCUT2D eigenvalue weighted by atomic mass is 32.1. The van der Waals surface area contributed by atoms with Gasteiger partial charge in [0.15, 0.2) is 5.75 Å². The molecule has 0 fully saturated rings. The molecule has 4 aromatic rings. The first kappa shape index (κ1) is 21.5. The van der Waals surface area contributed by atoms with Crippen molar-refractivity contribution in [1.29, 1.82) is 0 Å². The SMILES string of the molecule is CCOC(=O)/C=C/c1ccc(Oc2c(-c3ccc(O)cc3)sc3cc(O)ccc23)c(C)c1. The van der Waals surface area contributed by atoms with Crippen molar-refractivity contribution in [2.45, 2.75) is 13.8 Å². The van der Waals surface area contributed by atoms with Crippen molar-refractivity contribution >= 4 is 33.5 Å². The van der Waals surface area contributed by atoms with Crippen LogP contribution in [0.1, 0.15) is 18.1 Å². The van der Waals surface area contributed by atoms with E-state index in [1.165, 1.54) is 17.4 Å². The molecule has 3 aromatic carbocycles. The van der Waals surface area contributed by atoms with E-state index in [0.29, 0.717) is 18.1 Å². The van der Waals surface area contributed by atoms with Crippen LogP contribution in [0.3, 0.4) is 0 Å². The Morgan fingerprint density at radius 3 is 2.47 bits per heavy atom. The summed E-state index contributed by atoms with van der Waals surface area (Å²) >= 11 is 1.51. The predicted molar refractivity (Wildman–Crippen MR) is 128 cm³/mol. The molecule has 0 atom stereocenters. The Morgan fingerprint density at radius 2 is 1.75 bits per heavy atom. The van der Waals surface area contributed by atoms with Crippen LogP contribution in [0.5, 0.6) is 23.0 Å². The third-order valence-corrected chi connectivity index (χ3v) is 6.05.